The number of amides is 2. The van der Waals surface area contributed by atoms with Gasteiger partial charge in [-0.1, -0.05) is 0 Å². The van der Waals surface area contributed by atoms with Gasteiger partial charge in [-0.2, -0.15) is 0 Å². The molecule has 1 rings (SSSR count). The number of nitrogens with one attached hydrogen (secondary N) is 1. The zero-order valence-corrected chi connectivity index (χ0v) is 10.1. The molecule has 7 nitrogen and oxygen atoms in total. The van der Waals surface area contributed by atoms with Gasteiger partial charge in [-0.25, -0.2) is 4.79 Å². The number of carboxylic acid groups (broad SMARTS) is 1. The van der Waals surface area contributed by atoms with E-state index in [9.17, 15) is 14.4 Å². The van der Waals surface area contributed by atoms with E-state index < -0.39 is 17.9 Å². The zero-order chi connectivity index (χ0) is 13.5. The molecule has 0 aromatic carbocycles. The van der Waals surface area contributed by atoms with Gasteiger partial charge in [-0.3, -0.25) is 9.59 Å². The van der Waals surface area contributed by atoms with Crippen LogP contribution in [0.4, 0.5) is 0 Å². The van der Waals surface area contributed by atoms with Gasteiger partial charge < -0.3 is 20.9 Å². The Bertz CT molecular complexity index is 325. The summed E-state index contributed by atoms with van der Waals surface area (Å²) in [5.74, 6) is -2.40. The highest BCUT2D eigenvalue weighted by atomic mass is 16.5. The molecule has 1 saturated heterocycles. The third-order valence-electron chi connectivity index (χ3n) is 2.83. The summed E-state index contributed by atoms with van der Waals surface area (Å²) in [5, 5.41) is 11.4. The summed E-state index contributed by atoms with van der Waals surface area (Å²) in [7, 11) is 0. The molecule has 1 heterocycles. The van der Waals surface area contributed by atoms with Crippen LogP contribution < -0.4 is 11.1 Å². The Morgan fingerprint density at radius 3 is 2.67 bits per heavy atom. The van der Waals surface area contributed by atoms with Crippen LogP contribution in [0, 0.1) is 5.92 Å². The summed E-state index contributed by atoms with van der Waals surface area (Å²) in [6.45, 7) is 0.946. The van der Waals surface area contributed by atoms with Crippen molar-refractivity contribution in [3.05, 3.63) is 0 Å². The molecule has 4 N–H and O–H groups in total. The van der Waals surface area contributed by atoms with Crippen LogP contribution in [0.25, 0.3) is 0 Å². The van der Waals surface area contributed by atoms with Crippen molar-refractivity contribution in [1.29, 1.82) is 0 Å². The minimum absolute atomic E-state index is 0.00395. The Hall–Kier alpha value is -1.63. The molecule has 1 fully saturated rings. The van der Waals surface area contributed by atoms with E-state index in [4.69, 9.17) is 15.6 Å². The molecule has 0 bridgehead atoms. The second-order valence-electron chi connectivity index (χ2n) is 4.32. The average Bonchev–Trinajstić information content (AvgIpc) is 2.34. The number of hydrogen-bond acceptors (Lipinski definition) is 4. The minimum Gasteiger partial charge on any atom is -0.480 e. The first kappa shape index (κ1) is 14.4. The highest BCUT2D eigenvalue weighted by molar-refractivity contribution is 5.85. The number of aliphatic carboxylic acids is 1. The van der Waals surface area contributed by atoms with Crippen molar-refractivity contribution in [3.8, 4) is 0 Å². The molecule has 2 amide bonds. The predicted octanol–water partition coefficient (Wildman–Crippen LogP) is -0.752. The predicted molar refractivity (Wildman–Crippen MR) is 61.5 cm³/mol. The summed E-state index contributed by atoms with van der Waals surface area (Å²) >= 11 is 0. The van der Waals surface area contributed by atoms with Gasteiger partial charge in [0, 0.05) is 13.0 Å². The molecular formula is C11H18N2O5. The van der Waals surface area contributed by atoms with E-state index >= 15 is 0 Å². The number of carbonyl (C=O) groups is 3. The maximum atomic E-state index is 11.8. The van der Waals surface area contributed by atoms with E-state index in [0.717, 1.165) is 6.42 Å². The summed E-state index contributed by atoms with van der Waals surface area (Å²) in [5.41, 5.74) is 4.95. The first-order valence-corrected chi connectivity index (χ1v) is 5.90. The molecule has 1 aliphatic rings. The molecule has 1 aliphatic heterocycles. The second kappa shape index (κ2) is 6.95. The first-order valence-electron chi connectivity index (χ1n) is 5.90. The summed E-state index contributed by atoms with van der Waals surface area (Å²) in [6.07, 6.45) is 1.41. The van der Waals surface area contributed by atoms with Gasteiger partial charge in [0.25, 0.3) is 0 Å². The van der Waals surface area contributed by atoms with Crippen LogP contribution in [0.3, 0.4) is 0 Å². The standard InChI is InChI=1S/C11H18N2O5/c12-9(14)4-3-8(11(16)17)13-10(15)7-2-1-5-18-6-7/h7-8H,1-6H2,(H2,12,14)(H,13,15)(H,16,17). The SMILES string of the molecule is NC(=O)CCC(NC(=O)C1CCCOC1)C(=O)O. The molecule has 2 unspecified atom stereocenters. The van der Waals surface area contributed by atoms with E-state index in [1.165, 1.54) is 0 Å². The van der Waals surface area contributed by atoms with Crippen LogP contribution in [0.1, 0.15) is 25.7 Å². The van der Waals surface area contributed by atoms with E-state index in [1.807, 2.05) is 0 Å². The zero-order valence-electron chi connectivity index (χ0n) is 10.1. The van der Waals surface area contributed by atoms with Crippen molar-refractivity contribution in [2.75, 3.05) is 13.2 Å². The Morgan fingerprint density at radius 1 is 1.44 bits per heavy atom. The van der Waals surface area contributed by atoms with Crippen LogP contribution in [-0.4, -0.2) is 42.1 Å². The molecule has 0 spiro atoms. The second-order valence-corrected chi connectivity index (χ2v) is 4.32. The number of primary amides is 1. The number of nitrogens with two attached hydrogens (primary N) is 1. The van der Waals surface area contributed by atoms with Crippen molar-refractivity contribution in [2.24, 2.45) is 11.7 Å². The van der Waals surface area contributed by atoms with Gasteiger partial charge in [0.1, 0.15) is 6.04 Å². The molecule has 0 radical (unpaired) electrons. The number of rotatable bonds is 6. The molecule has 0 aromatic rings. The quantitative estimate of drug-likeness (QED) is 0.579. The molecule has 0 aromatic heterocycles. The number of hydrogen-bond donors (Lipinski definition) is 3. The Kier molecular flexibility index (Phi) is 5.57. The summed E-state index contributed by atoms with van der Waals surface area (Å²) in [4.78, 5) is 33.3. The maximum absolute atomic E-state index is 11.8. The summed E-state index contributed by atoms with van der Waals surface area (Å²) < 4.78 is 5.16. The third-order valence-corrected chi connectivity index (χ3v) is 2.83. The smallest absolute Gasteiger partial charge is 0.326 e. The van der Waals surface area contributed by atoms with E-state index in [1.54, 1.807) is 0 Å². The van der Waals surface area contributed by atoms with Crippen molar-refractivity contribution in [2.45, 2.75) is 31.7 Å². The lowest BCUT2D eigenvalue weighted by molar-refractivity contribution is -0.143. The molecule has 2 atom stereocenters. The highest BCUT2D eigenvalue weighted by Gasteiger charge is 2.26. The Morgan fingerprint density at radius 2 is 2.17 bits per heavy atom. The number of carboxylic acids is 1. The lowest BCUT2D eigenvalue weighted by atomic mass is 10.0. The van der Waals surface area contributed by atoms with E-state index in [-0.39, 0.29) is 24.7 Å². The molecule has 0 aliphatic carbocycles. The fourth-order valence-electron chi connectivity index (χ4n) is 1.78. The van der Waals surface area contributed by atoms with E-state index in [0.29, 0.717) is 19.6 Å². The fraction of sp³-hybridized carbons (Fsp3) is 0.727. The monoisotopic (exact) mass is 258 g/mol. The lowest BCUT2D eigenvalue weighted by Crippen LogP contribution is -2.45. The topological polar surface area (TPSA) is 119 Å². The average molecular weight is 258 g/mol. The largest absolute Gasteiger partial charge is 0.480 e. The molecular weight excluding hydrogens is 240 g/mol. The third kappa shape index (κ3) is 4.70. The van der Waals surface area contributed by atoms with Gasteiger partial charge in [-0.05, 0) is 19.3 Å². The van der Waals surface area contributed by atoms with E-state index in [2.05, 4.69) is 5.32 Å². The van der Waals surface area contributed by atoms with Crippen molar-refractivity contribution in [1.82, 2.24) is 5.32 Å². The maximum Gasteiger partial charge on any atom is 0.326 e. The van der Waals surface area contributed by atoms with Gasteiger partial charge in [-0.15, -0.1) is 0 Å². The number of ether oxygens (including phenoxy) is 1. The number of carbonyl (C=O) groups excluding carboxylic acids is 2. The first-order chi connectivity index (χ1) is 8.50. The van der Waals surface area contributed by atoms with Gasteiger partial charge in [0.15, 0.2) is 0 Å². The minimum atomic E-state index is -1.17. The molecule has 18 heavy (non-hydrogen) atoms. The van der Waals surface area contributed by atoms with Crippen LogP contribution in [0.5, 0.6) is 0 Å². The highest BCUT2D eigenvalue weighted by Crippen LogP contribution is 2.14. The van der Waals surface area contributed by atoms with Gasteiger partial charge >= 0.3 is 5.97 Å². The normalized spacial score (nSPS) is 21.0. The van der Waals surface area contributed by atoms with Crippen molar-refractivity contribution >= 4 is 17.8 Å². The Balaban J connectivity index is 2.46. The summed E-state index contributed by atoms with van der Waals surface area (Å²) in [6, 6.07) is -1.08. The fourth-order valence-corrected chi connectivity index (χ4v) is 1.78. The van der Waals surface area contributed by atoms with Crippen molar-refractivity contribution < 1.29 is 24.2 Å². The molecule has 7 heteroatoms. The van der Waals surface area contributed by atoms with Crippen LogP contribution in [0.15, 0.2) is 0 Å². The molecule has 0 saturated carbocycles. The van der Waals surface area contributed by atoms with Crippen molar-refractivity contribution in [3.63, 3.8) is 0 Å². The van der Waals surface area contributed by atoms with Gasteiger partial charge in [0.2, 0.25) is 11.8 Å². The van der Waals surface area contributed by atoms with Crippen LogP contribution in [-0.2, 0) is 19.1 Å². The Labute approximate surface area is 105 Å². The van der Waals surface area contributed by atoms with Crippen LogP contribution >= 0.6 is 0 Å². The van der Waals surface area contributed by atoms with Crippen LogP contribution in [0.2, 0.25) is 0 Å². The van der Waals surface area contributed by atoms with Gasteiger partial charge in [0.05, 0.1) is 12.5 Å². The lowest BCUT2D eigenvalue weighted by Gasteiger charge is -2.23. The molecule has 102 valence electrons.